The maximum Gasteiger partial charge on any atom is 0.258 e. The molecule has 78 valence electrons. The molecule has 2 aliphatic rings. The van der Waals surface area contributed by atoms with Gasteiger partial charge in [-0.2, -0.15) is 4.99 Å². The lowest BCUT2D eigenvalue weighted by Crippen LogP contribution is -2.36. The van der Waals surface area contributed by atoms with Gasteiger partial charge in [-0.3, -0.25) is 4.79 Å². The van der Waals surface area contributed by atoms with Gasteiger partial charge in [0.05, 0.1) is 12.3 Å². The molecule has 5 nitrogen and oxygen atoms in total. The monoisotopic (exact) mass is 222 g/mol. The molecule has 1 aromatic rings. The van der Waals surface area contributed by atoms with Gasteiger partial charge < -0.3 is 9.47 Å². The smallest absolute Gasteiger partial charge is 0.258 e. The van der Waals surface area contributed by atoms with Crippen LogP contribution in [0.1, 0.15) is 5.82 Å². The summed E-state index contributed by atoms with van der Waals surface area (Å²) in [6, 6.07) is 0. The van der Waals surface area contributed by atoms with Gasteiger partial charge in [-0.05, 0) is 0 Å². The third kappa shape index (κ3) is 1.54. The van der Waals surface area contributed by atoms with Crippen molar-refractivity contribution in [1.29, 1.82) is 0 Å². The number of aromatic nitrogens is 2. The maximum atomic E-state index is 11.0. The molecule has 0 unspecified atom stereocenters. The molecule has 3 heterocycles. The van der Waals surface area contributed by atoms with E-state index in [1.54, 1.807) is 0 Å². The van der Waals surface area contributed by atoms with E-state index in [1.165, 1.54) is 11.8 Å². The molecule has 0 saturated carbocycles. The number of imidazole rings is 1. The molecule has 2 aliphatic heterocycles. The lowest BCUT2D eigenvalue weighted by atomic mass is 10.4. The Kier molecular flexibility index (Phi) is 2.02. The molecule has 15 heavy (non-hydrogen) atoms. The summed E-state index contributed by atoms with van der Waals surface area (Å²) in [7, 11) is 0. The first-order valence-electron chi connectivity index (χ1n) is 4.82. The average molecular weight is 222 g/mol. The lowest BCUT2D eigenvalue weighted by molar-refractivity contribution is -0.115. The number of carbonyl (C=O) groups is 1. The molecule has 6 heteroatoms. The summed E-state index contributed by atoms with van der Waals surface area (Å²) in [5.74, 6) is 1.51. The van der Waals surface area contributed by atoms with Gasteiger partial charge in [-0.1, -0.05) is 11.8 Å². The van der Waals surface area contributed by atoms with E-state index in [4.69, 9.17) is 0 Å². The molecule has 0 fully saturated rings. The molecule has 0 saturated heterocycles. The largest absolute Gasteiger partial charge is 0.342 e. The fourth-order valence-corrected chi connectivity index (χ4v) is 2.62. The molecule has 0 radical (unpaired) electrons. The predicted molar refractivity (Wildman–Crippen MR) is 57.5 cm³/mol. The van der Waals surface area contributed by atoms with E-state index in [-0.39, 0.29) is 5.91 Å². The van der Waals surface area contributed by atoms with Crippen LogP contribution in [0.2, 0.25) is 0 Å². The van der Waals surface area contributed by atoms with Crippen molar-refractivity contribution in [2.45, 2.75) is 13.1 Å². The number of fused-ring (bicyclic) bond motifs is 1. The highest BCUT2D eigenvalue weighted by Gasteiger charge is 2.24. The molecule has 1 amide bonds. The Morgan fingerprint density at radius 2 is 2.33 bits per heavy atom. The molecular weight excluding hydrogens is 212 g/mol. The van der Waals surface area contributed by atoms with E-state index in [1.807, 2.05) is 12.4 Å². The summed E-state index contributed by atoms with van der Waals surface area (Å²) in [5, 5.41) is 0.856. The minimum absolute atomic E-state index is 0.0242. The second kappa shape index (κ2) is 3.37. The first kappa shape index (κ1) is 8.96. The van der Waals surface area contributed by atoms with Gasteiger partial charge >= 0.3 is 0 Å². The normalized spacial score (nSPS) is 20.4. The molecule has 0 aliphatic carbocycles. The lowest BCUT2D eigenvalue weighted by Gasteiger charge is -2.28. The maximum absolute atomic E-state index is 11.0. The van der Waals surface area contributed by atoms with Crippen LogP contribution < -0.4 is 0 Å². The molecule has 0 aromatic carbocycles. The van der Waals surface area contributed by atoms with Crippen molar-refractivity contribution in [3.63, 3.8) is 0 Å². The van der Waals surface area contributed by atoms with Gasteiger partial charge in [0.15, 0.2) is 5.17 Å². The number of nitrogens with zero attached hydrogens (tertiary/aromatic N) is 4. The SMILES string of the molecule is O=C1CSC(N2CCn3ccnc3C2)=N1. The Hall–Kier alpha value is -1.30. The highest BCUT2D eigenvalue weighted by Crippen LogP contribution is 2.20. The number of hydrogen-bond acceptors (Lipinski definition) is 4. The minimum Gasteiger partial charge on any atom is -0.342 e. The number of thioether (sulfide) groups is 1. The van der Waals surface area contributed by atoms with Crippen molar-refractivity contribution < 1.29 is 4.79 Å². The van der Waals surface area contributed by atoms with Crippen LogP contribution in [0, 0.1) is 0 Å². The number of aliphatic imine (C=N–C) groups is 1. The van der Waals surface area contributed by atoms with E-state index < -0.39 is 0 Å². The summed E-state index contributed by atoms with van der Waals surface area (Å²) in [5.41, 5.74) is 0. The van der Waals surface area contributed by atoms with Gasteiger partial charge in [0.25, 0.3) is 5.91 Å². The highest BCUT2D eigenvalue weighted by molar-refractivity contribution is 8.14. The van der Waals surface area contributed by atoms with E-state index in [0.29, 0.717) is 5.75 Å². The van der Waals surface area contributed by atoms with Crippen LogP contribution in [0.15, 0.2) is 17.4 Å². The topological polar surface area (TPSA) is 50.5 Å². The van der Waals surface area contributed by atoms with E-state index in [2.05, 4.69) is 19.4 Å². The van der Waals surface area contributed by atoms with Gasteiger partial charge in [0.2, 0.25) is 0 Å². The van der Waals surface area contributed by atoms with Gasteiger partial charge in [0.1, 0.15) is 5.82 Å². The molecule has 0 N–H and O–H groups in total. The Morgan fingerprint density at radius 3 is 3.13 bits per heavy atom. The summed E-state index contributed by atoms with van der Waals surface area (Å²) < 4.78 is 2.14. The van der Waals surface area contributed by atoms with Crippen molar-refractivity contribution in [2.24, 2.45) is 4.99 Å². The Labute approximate surface area is 91.2 Å². The fraction of sp³-hybridized carbons (Fsp3) is 0.444. The van der Waals surface area contributed by atoms with E-state index in [0.717, 1.165) is 30.6 Å². The van der Waals surface area contributed by atoms with Crippen LogP contribution in [-0.2, 0) is 17.9 Å². The molecule has 3 rings (SSSR count). The quantitative estimate of drug-likeness (QED) is 0.634. The Balaban J connectivity index is 1.81. The summed E-state index contributed by atoms with van der Waals surface area (Å²) >= 11 is 1.52. The zero-order valence-electron chi connectivity index (χ0n) is 8.09. The number of hydrogen-bond donors (Lipinski definition) is 0. The number of carbonyl (C=O) groups excluding carboxylic acids is 1. The van der Waals surface area contributed by atoms with Crippen LogP contribution in [0.3, 0.4) is 0 Å². The second-order valence-electron chi connectivity index (χ2n) is 3.54. The third-order valence-electron chi connectivity index (χ3n) is 2.56. The standard InChI is InChI=1S/C9H10N4OS/c14-8-6-15-9(11-8)13-4-3-12-2-1-10-7(12)5-13/h1-2H,3-6H2. The van der Waals surface area contributed by atoms with Gasteiger partial charge in [-0.15, -0.1) is 0 Å². The Bertz CT molecular complexity index is 439. The van der Waals surface area contributed by atoms with Crippen molar-refractivity contribution in [3.05, 3.63) is 18.2 Å². The number of rotatable bonds is 0. The van der Waals surface area contributed by atoms with Crippen LogP contribution in [0.25, 0.3) is 0 Å². The van der Waals surface area contributed by atoms with Crippen LogP contribution >= 0.6 is 11.8 Å². The van der Waals surface area contributed by atoms with Crippen molar-refractivity contribution >= 4 is 22.8 Å². The van der Waals surface area contributed by atoms with E-state index >= 15 is 0 Å². The number of amides is 1. The molecular formula is C9H10N4OS. The highest BCUT2D eigenvalue weighted by atomic mass is 32.2. The van der Waals surface area contributed by atoms with Crippen molar-refractivity contribution in [3.8, 4) is 0 Å². The predicted octanol–water partition coefficient (Wildman–Crippen LogP) is 0.328. The van der Waals surface area contributed by atoms with Crippen LogP contribution in [0.5, 0.6) is 0 Å². The van der Waals surface area contributed by atoms with Gasteiger partial charge in [-0.25, -0.2) is 4.98 Å². The van der Waals surface area contributed by atoms with Gasteiger partial charge in [0, 0.05) is 25.5 Å². The third-order valence-corrected chi connectivity index (χ3v) is 3.56. The zero-order valence-corrected chi connectivity index (χ0v) is 8.90. The van der Waals surface area contributed by atoms with Crippen LogP contribution in [-0.4, -0.2) is 37.8 Å². The van der Waals surface area contributed by atoms with E-state index in [9.17, 15) is 4.79 Å². The van der Waals surface area contributed by atoms with Crippen LogP contribution in [0.4, 0.5) is 0 Å². The zero-order chi connectivity index (χ0) is 10.3. The van der Waals surface area contributed by atoms with Crippen molar-refractivity contribution in [1.82, 2.24) is 14.5 Å². The minimum atomic E-state index is -0.0242. The second-order valence-corrected chi connectivity index (χ2v) is 4.48. The molecule has 0 bridgehead atoms. The molecule has 1 aromatic heterocycles. The average Bonchev–Trinajstić information content (AvgIpc) is 2.84. The first-order chi connectivity index (χ1) is 7.33. The Morgan fingerprint density at radius 1 is 1.40 bits per heavy atom. The fourth-order valence-electron chi connectivity index (χ4n) is 1.80. The molecule has 0 atom stereocenters. The van der Waals surface area contributed by atoms with Crippen molar-refractivity contribution in [2.75, 3.05) is 12.3 Å². The molecule has 0 spiro atoms. The summed E-state index contributed by atoms with van der Waals surface area (Å²) in [4.78, 5) is 21.4. The summed E-state index contributed by atoms with van der Waals surface area (Å²) in [6.45, 7) is 2.58. The first-order valence-corrected chi connectivity index (χ1v) is 5.81. The summed E-state index contributed by atoms with van der Waals surface area (Å²) in [6.07, 6.45) is 3.80. The number of amidine groups is 1.